The molecular formula is C19H24N4O3. The van der Waals surface area contributed by atoms with Crippen molar-refractivity contribution in [1.82, 2.24) is 14.8 Å². The number of nitrogens with one attached hydrogen (secondary N) is 1. The van der Waals surface area contributed by atoms with Crippen LogP contribution in [0.1, 0.15) is 32.5 Å². The van der Waals surface area contributed by atoms with Gasteiger partial charge >= 0.3 is 0 Å². The molecule has 3 rings (SSSR count). The van der Waals surface area contributed by atoms with Gasteiger partial charge < -0.3 is 20.4 Å². The summed E-state index contributed by atoms with van der Waals surface area (Å²) in [6.45, 7) is 1.83. The number of nitrogens with two attached hydrogens (primary N) is 1. The van der Waals surface area contributed by atoms with E-state index >= 15 is 0 Å². The Kier molecular flexibility index (Phi) is 5.39. The fraction of sp³-hybridized carbons (Fsp3) is 0.368. The topological polar surface area (TPSA) is 89.6 Å². The first kappa shape index (κ1) is 18.2. The number of aryl methyl sites for hydroxylation is 1. The second-order valence-electron chi connectivity index (χ2n) is 6.54. The molecule has 1 saturated heterocycles. The van der Waals surface area contributed by atoms with Gasteiger partial charge in [0, 0.05) is 26.3 Å². The fourth-order valence-corrected chi connectivity index (χ4v) is 3.36. The molecule has 138 valence electrons. The lowest BCUT2D eigenvalue weighted by atomic mass is 9.98. The van der Waals surface area contributed by atoms with Gasteiger partial charge in [-0.2, -0.15) is 0 Å². The zero-order valence-corrected chi connectivity index (χ0v) is 15.0. The zero-order chi connectivity index (χ0) is 18.7. The maximum absolute atomic E-state index is 12.5. The highest BCUT2D eigenvalue weighted by Crippen LogP contribution is 2.27. The summed E-state index contributed by atoms with van der Waals surface area (Å²) < 4.78 is 7.53. The van der Waals surface area contributed by atoms with Crippen LogP contribution < -0.4 is 11.1 Å². The van der Waals surface area contributed by atoms with E-state index in [9.17, 15) is 9.59 Å². The van der Waals surface area contributed by atoms with E-state index in [1.165, 1.54) is 6.07 Å². The summed E-state index contributed by atoms with van der Waals surface area (Å²) in [5.74, 6) is -0.815. The van der Waals surface area contributed by atoms with E-state index in [0.29, 0.717) is 24.4 Å². The molecule has 2 aromatic rings. The second-order valence-corrected chi connectivity index (χ2v) is 6.54. The van der Waals surface area contributed by atoms with Crippen LogP contribution in [0.3, 0.4) is 0 Å². The molecule has 2 heterocycles. The Hall–Kier alpha value is -2.64. The summed E-state index contributed by atoms with van der Waals surface area (Å²) in [6.07, 6.45) is 1.39. The molecule has 2 amide bonds. The van der Waals surface area contributed by atoms with Gasteiger partial charge in [0.15, 0.2) is 0 Å². The van der Waals surface area contributed by atoms with Gasteiger partial charge in [-0.1, -0.05) is 30.3 Å². The van der Waals surface area contributed by atoms with E-state index in [1.54, 1.807) is 17.8 Å². The number of morpholine rings is 1. The first-order valence-corrected chi connectivity index (χ1v) is 8.58. The van der Waals surface area contributed by atoms with Crippen molar-refractivity contribution in [1.29, 1.82) is 0 Å². The third-order valence-electron chi connectivity index (χ3n) is 4.73. The van der Waals surface area contributed by atoms with Crippen molar-refractivity contribution in [2.75, 3.05) is 26.7 Å². The number of amides is 2. The van der Waals surface area contributed by atoms with E-state index in [4.69, 9.17) is 10.5 Å². The quantitative estimate of drug-likeness (QED) is 0.834. The van der Waals surface area contributed by atoms with E-state index in [0.717, 1.165) is 12.1 Å². The summed E-state index contributed by atoms with van der Waals surface area (Å²) in [7, 11) is 3.77. The SMILES string of the molecule is CN1CCO[C@@H](CNC(=O)c2cc(C(N)=O)cn2C)[C@@H]1c1ccccc1. The van der Waals surface area contributed by atoms with Gasteiger partial charge in [-0.15, -0.1) is 0 Å². The number of carbonyl (C=O) groups excluding carboxylic acids is 2. The molecule has 1 aromatic carbocycles. The van der Waals surface area contributed by atoms with Crippen molar-refractivity contribution in [3.63, 3.8) is 0 Å². The van der Waals surface area contributed by atoms with Crippen molar-refractivity contribution in [3.8, 4) is 0 Å². The highest BCUT2D eigenvalue weighted by atomic mass is 16.5. The zero-order valence-electron chi connectivity index (χ0n) is 15.0. The van der Waals surface area contributed by atoms with Crippen LogP contribution in [0.25, 0.3) is 0 Å². The van der Waals surface area contributed by atoms with Gasteiger partial charge in [0.05, 0.1) is 24.3 Å². The highest BCUT2D eigenvalue weighted by Gasteiger charge is 2.31. The molecule has 1 aliphatic rings. The molecule has 1 fully saturated rings. The fourth-order valence-electron chi connectivity index (χ4n) is 3.36. The van der Waals surface area contributed by atoms with Gasteiger partial charge in [-0.05, 0) is 18.7 Å². The molecule has 0 saturated carbocycles. The Balaban J connectivity index is 1.71. The van der Waals surface area contributed by atoms with Crippen molar-refractivity contribution >= 4 is 11.8 Å². The number of benzene rings is 1. The number of carbonyl (C=O) groups is 2. The van der Waals surface area contributed by atoms with E-state index in [-0.39, 0.29) is 18.1 Å². The first-order chi connectivity index (χ1) is 12.5. The molecule has 0 bridgehead atoms. The van der Waals surface area contributed by atoms with Crippen LogP contribution in [-0.2, 0) is 11.8 Å². The Morgan fingerprint density at radius 3 is 2.65 bits per heavy atom. The molecule has 0 unspecified atom stereocenters. The van der Waals surface area contributed by atoms with E-state index in [1.807, 2.05) is 18.2 Å². The molecule has 1 aromatic heterocycles. The molecule has 0 aliphatic carbocycles. The van der Waals surface area contributed by atoms with Gasteiger partial charge in [0.2, 0.25) is 5.91 Å². The molecular weight excluding hydrogens is 332 g/mol. The third-order valence-corrected chi connectivity index (χ3v) is 4.73. The van der Waals surface area contributed by atoms with Crippen molar-refractivity contribution in [2.45, 2.75) is 12.1 Å². The number of hydrogen-bond donors (Lipinski definition) is 2. The average molecular weight is 356 g/mol. The Morgan fingerprint density at radius 2 is 2.00 bits per heavy atom. The van der Waals surface area contributed by atoms with E-state index < -0.39 is 5.91 Å². The minimum Gasteiger partial charge on any atom is -0.373 e. The Morgan fingerprint density at radius 1 is 1.27 bits per heavy atom. The minimum absolute atomic E-state index is 0.0693. The lowest BCUT2D eigenvalue weighted by Crippen LogP contribution is -2.48. The normalized spacial score (nSPS) is 20.7. The number of aromatic nitrogens is 1. The van der Waals surface area contributed by atoms with Crippen LogP contribution in [-0.4, -0.2) is 54.1 Å². The van der Waals surface area contributed by atoms with Crippen LogP contribution in [0.2, 0.25) is 0 Å². The number of primary amides is 1. The standard InChI is InChI=1S/C19H24N4O3/c1-22-8-9-26-16(17(22)13-6-4-3-5-7-13)11-21-19(25)15-10-14(18(20)24)12-23(15)2/h3-7,10,12,16-17H,8-9,11H2,1-2H3,(H2,20,24)(H,21,25)/t16-,17-/m0/s1. The second kappa shape index (κ2) is 7.72. The van der Waals surface area contributed by atoms with Crippen LogP contribution in [0.5, 0.6) is 0 Å². The van der Waals surface area contributed by atoms with Crippen molar-refractivity contribution in [3.05, 3.63) is 59.4 Å². The minimum atomic E-state index is -0.555. The summed E-state index contributed by atoms with van der Waals surface area (Å²) in [4.78, 5) is 26.0. The highest BCUT2D eigenvalue weighted by molar-refractivity contribution is 5.98. The molecule has 7 nitrogen and oxygen atoms in total. The van der Waals surface area contributed by atoms with Crippen LogP contribution in [0.4, 0.5) is 0 Å². The summed E-state index contributed by atoms with van der Waals surface area (Å²) in [5.41, 5.74) is 7.13. The lowest BCUT2D eigenvalue weighted by Gasteiger charge is -2.39. The monoisotopic (exact) mass is 356 g/mol. The largest absolute Gasteiger partial charge is 0.373 e. The van der Waals surface area contributed by atoms with Crippen molar-refractivity contribution in [2.24, 2.45) is 12.8 Å². The average Bonchev–Trinajstić information content (AvgIpc) is 3.02. The summed E-state index contributed by atoms with van der Waals surface area (Å²) in [6, 6.07) is 11.7. The number of nitrogens with zero attached hydrogens (tertiary/aromatic N) is 2. The maximum Gasteiger partial charge on any atom is 0.268 e. The summed E-state index contributed by atoms with van der Waals surface area (Å²) >= 11 is 0. The predicted octanol–water partition coefficient (Wildman–Crippen LogP) is 0.926. The number of hydrogen-bond acceptors (Lipinski definition) is 4. The Labute approximate surface area is 152 Å². The van der Waals surface area contributed by atoms with Gasteiger partial charge in [0.1, 0.15) is 5.69 Å². The number of rotatable bonds is 5. The van der Waals surface area contributed by atoms with Crippen LogP contribution >= 0.6 is 0 Å². The molecule has 1 aliphatic heterocycles. The number of likely N-dealkylation sites (N-methyl/N-ethyl adjacent to an activating group) is 1. The molecule has 7 heteroatoms. The predicted molar refractivity (Wildman–Crippen MR) is 97.8 cm³/mol. The molecule has 2 atom stereocenters. The molecule has 0 radical (unpaired) electrons. The lowest BCUT2D eigenvalue weighted by molar-refractivity contribution is -0.0605. The van der Waals surface area contributed by atoms with Crippen LogP contribution in [0, 0.1) is 0 Å². The van der Waals surface area contributed by atoms with Crippen molar-refractivity contribution < 1.29 is 14.3 Å². The number of ether oxygens (including phenoxy) is 1. The molecule has 0 spiro atoms. The Bertz CT molecular complexity index is 787. The van der Waals surface area contributed by atoms with Gasteiger partial charge in [-0.25, -0.2) is 0 Å². The molecule has 3 N–H and O–H groups in total. The third kappa shape index (κ3) is 3.79. The van der Waals surface area contributed by atoms with E-state index in [2.05, 4.69) is 29.4 Å². The van der Waals surface area contributed by atoms with Gasteiger partial charge in [0.25, 0.3) is 5.91 Å². The van der Waals surface area contributed by atoms with Crippen LogP contribution in [0.15, 0.2) is 42.6 Å². The molecule has 26 heavy (non-hydrogen) atoms. The smallest absolute Gasteiger partial charge is 0.268 e. The first-order valence-electron chi connectivity index (χ1n) is 8.58. The van der Waals surface area contributed by atoms with Gasteiger partial charge in [-0.3, -0.25) is 14.5 Å². The maximum atomic E-state index is 12.5. The summed E-state index contributed by atoms with van der Waals surface area (Å²) in [5, 5.41) is 2.92.